The third kappa shape index (κ3) is 5.22. The van der Waals surface area contributed by atoms with E-state index in [0.717, 1.165) is 36.8 Å². The number of esters is 1. The van der Waals surface area contributed by atoms with Crippen LogP contribution in [0.5, 0.6) is 5.75 Å². The maximum absolute atomic E-state index is 14.5. The number of pyridine rings is 2. The molecule has 1 fully saturated rings. The second-order valence-electron chi connectivity index (χ2n) is 10.2. The van der Waals surface area contributed by atoms with E-state index in [2.05, 4.69) is 24.8 Å². The van der Waals surface area contributed by atoms with Gasteiger partial charge < -0.3 is 18.9 Å². The molecule has 10 nitrogen and oxygen atoms in total. The van der Waals surface area contributed by atoms with E-state index in [1.807, 2.05) is 6.07 Å². The zero-order valence-electron chi connectivity index (χ0n) is 22.4. The number of carbonyl (C=O) groups is 1. The highest BCUT2D eigenvalue weighted by molar-refractivity contribution is 5.87. The lowest BCUT2D eigenvalue weighted by atomic mass is 10.0. The molecule has 12 heteroatoms. The molecule has 0 radical (unpaired) electrons. The number of halogens is 2. The fourth-order valence-electron chi connectivity index (χ4n) is 5.67. The molecular weight excluding hydrogens is 534 g/mol. The van der Waals surface area contributed by atoms with Crippen molar-refractivity contribution in [3.05, 3.63) is 87.9 Å². The minimum atomic E-state index is -1.12. The zero-order valence-corrected chi connectivity index (χ0v) is 22.4. The van der Waals surface area contributed by atoms with Crippen LogP contribution in [0.15, 0.2) is 54.0 Å². The first-order chi connectivity index (χ1) is 19.9. The highest BCUT2D eigenvalue weighted by atomic mass is 19.2. The summed E-state index contributed by atoms with van der Waals surface area (Å²) in [5.41, 5.74) is 1.35. The van der Waals surface area contributed by atoms with Gasteiger partial charge in [-0.1, -0.05) is 0 Å². The van der Waals surface area contributed by atoms with Crippen molar-refractivity contribution in [3.63, 3.8) is 0 Å². The molecule has 0 bridgehead atoms. The van der Waals surface area contributed by atoms with E-state index in [-0.39, 0.29) is 47.0 Å². The molecule has 212 valence electrons. The van der Waals surface area contributed by atoms with Crippen molar-refractivity contribution in [3.8, 4) is 5.75 Å². The molecule has 0 amide bonds. The zero-order chi connectivity index (χ0) is 28.5. The Bertz CT molecular complexity index is 1670. The molecule has 41 heavy (non-hydrogen) atoms. The number of methoxy groups -OCH3 is 1. The van der Waals surface area contributed by atoms with Crippen LogP contribution in [-0.4, -0.2) is 63.2 Å². The van der Waals surface area contributed by atoms with Crippen molar-refractivity contribution in [2.24, 2.45) is 0 Å². The van der Waals surface area contributed by atoms with E-state index in [9.17, 15) is 18.4 Å². The molecule has 0 N–H and O–H groups in total. The summed E-state index contributed by atoms with van der Waals surface area (Å²) in [5, 5.41) is 0.0813. The molecule has 1 aromatic carbocycles. The predicted octanol–water partition coefficient (Wildman–Crippen LogP) is 3.31. The number of nitrogens with zero attached hydrogens (tertiary/aromatic N) is 6. The summed E-state index contributed by atoms with van der Waals surface area (Å²) < 4.78 is 41.0. The number of hydrogen-bond acceptors (Lipinski definition) is 9. The van der Waals surface area contributed by atoms with Crippen molar-refractivity contribution < 1.29 is 23.0 Å². The Morgan fingerprint density at radius 3 is 2.85 bits per heavy atom. The number of benzene rings is 1. The van der Waals surface area contributed by atoms with E-state index < -0.39 is 17.6 Å². The number of hydrogen-bond donors (Lipinski definition) is 0. The average Bonchev–Trinajstić information content (AvgIpc) is 3.01. The lowest BCUT2D eigenvalue weighted by Crippen LogP contribution is -2.48. The van der Waals surface area contributed by atoms with Gasteiger partial charge in [0, 0.05) is 62.6 Å². The highest BCUT2D eigenvalue weighted by Crippen LogP contribution is 2.33. The third-order valence-electron chi connectivity index (χ3n) is 7.63. The smallest absolute Gasteiger partial charge is 0.356 e. The standard InChI is InChI=1S/C29H28F2N6O4/c1-40-29(39)23-11-18(4-5-33-23)14-37(20-3-2-8-35(17-20)24-13-32-6-7-34-24)16-19-15-36-9-10-41-28-25(31)22(30)12-21(26(28)36)27(19)38/h4-7,11-13,15,20H,2-3,8-10,14,16-17H2,1H3/t20-/m0/s1. The van der Waals surface area contributed by atoms with E-state index in [1.165, 1.54) is 7.11 Å². The molecule has 4 aromatic rings. The van der Waals surface area contributed by atoms with Gasteiger partial charge in [0.2, 0.25) is 5.82 Å². The van der Waals surface area contributed by atoms with Gasteiger partial charge in [-0.2, -0.15) is 4.39 Å². The molecule has 2 aliphatic heterocycles. The topological polar surface area (TPSA) is 103 Å². The molecule has 0 saturated carbocycles. The first kappa shape index (κ1) is 26.8. The molecule has 0 unspecified atom stereocenters. The van der Waals surface area contributed by atoms with Gasteiger partial charge in [-0.3, -0.25) is 14.7 Å². The van der Waals surface area contributed by atoms with Crippen LogP contribution in [0.1, 0.15) is 34.5 Å². The van der Waals surface area contributed by atoms with Crippen molar-refractivity contribution >= 4 is 22.7 Å². The SMILES string of the molecule is COC(=O)c1cc(CN(Cc2cn3c4c(c(F)c(F)cc4c2=O)OCC3)[C@H]2CCCN(c3cnccn3)C2)ccn1. The average molecular weight is 563 g/mol. The largest absolute Gasteiger partial charge is 0.486 e. The van der Waals surface area contributed by atoms with Crippen molar-refractivity contribution in [2.45, 2.75) is 38.5 Å². The molecule has 6 rings (SSSR count). The van der Waals surface area contributed by atoms with Crippen LogP contribution >= 0.6 is 0 Å². The van der Waals surface area contributed by atoms with Crippen molar-refractivity contribution in [1.29, 1.82) is 0 Å². The fraction of sp³-hybridized carbons (Fsp3) is 0.345. The Kier molecular flexibility index (Phi) is 7.31. The maximum Gasteiger partial charge on any atom is 0.356 e. The molecule has 0 aliphatic carbocycles. The van der Waals surface area contributed by atoms with Crippen LogP contribution in [-0.2, 0) is 24.4 Å². The van der Waals surface area contributed by atoms with E-state index in [1.54, 1.807) is 41.6 Å². The van der Waals surface area contributed by atoms with Crippen LogP contribution in [0.3, 0.4) is 0 Å². The van der Waals surface area contributed by atoms with Crippen LogP contribution in [0.25, 0.3) is 10.9 Å². The van der Waals surface area contributed by atoms with Gasteiger partial charge in [0.1, 0.15) is 18.1 Å². The normalized spacial score (nSPS) is 16.6. The lowest BCUT2D eigenvalue weighted by Gasteiger charge is -2.40. The van der Waals surface area contributed by atoms with Crippen LogP contribution in [0, 0.1) is 11.6 Å². The monoisotopic (exact) mass is 562 g/mol. The Morgan fingerprint density at radius 2 is 2.05 bits per heavy atom. The summed E-state index contributed by atoms with van der Waals surface area (Å²) >= 11 is 0. The Morgan fingerprint density at radius 1 is 1.17 bits per heavy atom. The number of ether oxygens (including phenoxy) is 2. The van der Waals surface area contributed by atoms with Crippen molar-refractivity contribution in [1.82, 2.24) is 24.4 Å². The van der Waals surface area contributed by atoms with Crippen LogP contribution in [0.4, 0.5) is 14.6 Å². The second kappa shape index (κ2) is 11.2. The first-order valence-electron chi connectivity index (χ1n) is 13.4. The number of carbonyl (C=O) groups excluding carboxylic acids is 1. The quantitative estimate of drug-likeness (QED) is 0.314. The van der Waals surface area contributed by atoms with Gasteiger partial charge in [0.05, 0.1) is 30.8 Å². The highest BCUT2D eigenvalue weighted by Gasteiger charge is 2.29. The minimum absolute atomic E-state index is 0.0146. The molecule has 1 saturated heterocycles. The van der Waals surface area contributed by atoms with Gasteiger partial charge in [-0.05, 0) is 36.6 Å². The molecule has 5 heterocycles. The summed E-state index contributed by atoms with van der Waals surface area (Å²) in [6.07, 6.45) is 10.1. The van der Waals surface area contributed by atoms with Gasteiger partial charge in [0.25, 0.3) is 0 Å². The lowest BCUT2D eigenvalue weighted by molar-refractivity contribution is 0.0593. The second-order valence-corrected chi connectivity index (χ2v) is 10.2. The summed E-state index contributed by atoms with van der Waals surface area (Å²) in [5.74, 6) is -2.21. The summed E-state index contributed by atoms with van der Waals surface area (Å²) in [7, 11) is 1.30. The summed E-state index contributed by atoms with van der Waals surface area (Å²) in [6, 6.07) is 4.47. The van der Waals surface area contributed by atoms with Gasteiger partial charge >= 0.3 is 5.97 Å². The number of piperidine rings is 1. The van der Waals surface area contributed by atoms with E-state index in [0.29, 0.717) is 25.2 Å². The van der Waals surface area contributed by atoms with E-state index >= 15 is 0 Å². The van der Waals surface area contributed by atoms with Gasteiger partial charge in [-0.25, -0.2) is 19.2 Å². The minimum Gasteiger partial charge on any atom is -0.486 e. The van der Waals surface area contributed by atoms with Crippen LogP contribution < -0.4 is 15.1 Å². The summed E-state index contributed by atoms with van der Waals surface area (Å²) in [6.45, 7) is 2.69. The third-order valence-corrected chi connectivity index (χ3v) is 7.63. The molecule has 0 spiro atoms. The van der Waals surface area contributed by atoms with Gasteiger partial charge in [-0.15, -0.1) is 0 Å². The maximum atomic E-state index is 14.5. The molecule has 1 atom stereocenters. The van der Waals surface area contributed by atoms with E-state index in [4.69, 9.17) is 9.47 Å². The number of rotatable bonds is 7. The number of aromatic nitrogens is 4. The van der Waals surface area contributed by atoms with Gasteiger partial charge in [0.15, 0.2) is 17.0 Å². The Hall–Kier alpha value is -4.45. The molecule has 2 aliphatic rings. The molecular formula is C29H28F2N6O4. The summed E-state index contributed by atoms with van der Waals surface area (Å²) in [4.78, 5) is 43.0. The fourth-order valence-corrected chi connectivity index (χ4v) is 5.67. The molecule has 3 aromatic heterocycles. The first-order valence-corrected chi connectivity index (χ1v) is 13.4. The predicted molar refractivity (Wildman–Crippen MR) is 146 cm³/mol. The number of anilines is 1. The van der Waals surface area contributed by atoms with Crippen molar-refractivity contribution in [2.75, 3.05) is 31.7 Å². The Balaban J connectivity index is 1.38. The Labute approximate surface area is 234 Å². The van der Waals surface area contributed by atoms with Crippen LogP contribution in [0.2, 0.25) is 0 Å².